The third-order valence-corrected chi connectivity index (χ3v) is 5.71. The summed E-state index contributed by atoms with van der Waals surface area (Å²) in [6.07, 6.45) is 3.23. The average molecular weight is 313 g/mol. The van der Waals surface area contributed by atoms with Crippen LogP contribution >= 0.6 is 0 Å². The molecule has 21 heavy (non-hydrogen) atoms. The molecular weight excluding hydrogens is 290 g/mol. The van der Waals surface area contributed by atoms with E-state index in [4.69, 9.17) is 4.74 Å². The number of rotatable bonds is 6. The average Bonchev–Trinajstić information content (AvgIpc) is 2.86. The maximum Gasteiger partial charge on any atom is 0.242 e. The first-order valence-corrected chi connectivity index (χ1v) is 8.73. The maximum atomic E-state index is 12.5. The first-order chi connectivity index (χ1) is 9.87. The zero-order chi connectivity index (χ0) is 15.5. The highest BCUT2D eigenvalue weighted by molar-refractivity contribution is 7.89. The maximum absolute atomic E-state index is 12.5. The summed E-state index contributed by atoms with van der Waals surface area (Å²) in [6.45, 7) is 2.56. The third kappa shape index (κ3) is 3.75. The second-order valence-electron chi connectivity index (χ2n) is 5.60. The van der Waals surface area contributed by atoms with Gasteiger partial charge in [-0.3, -0.25) is 0 Å². The molecule has 118 valence electrons. The SMILES string of the molecule is CCOc1ccc(S(=O)(=O)N(C)CC2(O)CCCC2)cc1. The standard InChI is InChI=1S/C15H23NO4S/c1-3-20-13-6-8-14(9-7-13)21(18,19)16(2)12-15(17)10-4-5-11-15/h6-9,17H,3-5,10-12H2,1-2H3. The lowest BCUT2D eigenvalue weighted by atomic mass is 10.0. The number of hydrogen-bond donors (Lipinski definition) is 1. The summed E-state index contributed by atoms with van der Waals surface area (Å²) in [5, 5.41) is 10.4. The highest BCUT2D eigenvalue weighted by Crippen LogP contribution is 2.31. The van der Waals surface area contributed by atoms with E-state index in [-0.39, 0.29) is 11.4 Å². The van der Waals surface area contributed by atoms with Crippen LogP contribution in [0.2, 0.25) is 0 Å². The van der Waals surface area contributed by atoms with Crippen LogP contribution < -0.4 is 4.74 Å². The molecule has 2 rings (SSSR count). The molecule has 1 aliphatic carbocycles. The number of sulfonamides is 1. The second kappa shape index (κ2) is 6.34. The molecule has 0 bridgehead atoms. The van der Waals surface area contributed by atoms with Gasteiger partial charge >= 0.3 is 0 Å². The fourth-order valence-electron chi connectivity index (χ4n) is 2.75. The van der Waals surface area contributed by atoms with Crippen molar-refractivity contribution >= 4 is 10.0 Å². The molecule has 1 aliphatic rings. The Balaban J connectivity index is 2.12. The predicted octanol–water partition coefficient (Wildman–Crippen LogP) is 2.01. The van der Waals surface area contributed by atoms with Crippen LogP contribution in [0.5, 0.6) is 5.75 Å². The number of ether oxygens (including phenoxy) is 1. The van der Waals surface area contributed by atoms with Crippen LogP contribution in [0, 0.1) is 0 Å². The highest BCUT2D eigenvalue weighted by atomic mass is 32.2. The summed E-state index contributed by atoms with van der Waals surface area (Å²) in [7, 11) is -2.06. The molecule has 0 saturated heterocycles. The third-order valence-electron chi connectivity index (χ3n) is 3.89. The van der Waals surface area contributed by atoms with E-state index >= 15 is 0 Å². The van der Waals surface area contributed by atoms with Crippen molar-refractivity contribution in [1.82, 2.24) is 4.31 Å². The molecule has 0 unspecified atom stereocenters. The van der Waals surface area contributed by atoms with Gasteiger partial charge in [-0.2, -0.15) is 4.31 Å². The van der Waals surface area contributed by atoms with Crippen LogP contribution in [-0.2, 0) is 10.0 Å². The smallest absolute Gasteiger partial charge is 0.242 e. The normalized spacial score (nSPS) is 18.1. The van der Waals surface area contributed by atoms with Gasteiger partial charge in [0.25, 0.3) is 0 Å². The molecule has 1 N–H and O–H groups in total. The van der Waals surface area contributed by atoms with E-state index in [9.17, 15) is 13.5 Å². The minimum absolute atomic E-state index is 0.141. The minimum Gasteiger partial charge on any atom is -0.494 e. The van der Waals surface area contributed by atoms with E-state index in [0.29, 0.717) is 25.2 Å². The monoisotopic (exact) mass is 313 g/mol. The number of nitrogens with zero attached hydrogens (tertiary/aromatic N) is 1. The van der Waals surface area contributed by atoms with Crippen LogP contribution in [0.15, 0.2) is 29.2 Å². The molecule has 0 spiro atoms. The molecule has 5 nitrogen and oxygen atoms in total. The van der Waals surface area contributed by atoms with Crippen molar-refractivity contribution in [2.45, 2.75) is 43.1 Å². The van der Waals surface area contributed by atoms with E-state index in [1.807, 2.05) is 6.92 Å². The van der Waals surface area contributed by atoms with Crippen LogP contribution in [-0.4, -0.2) is 43.6 Å². The van der Waals surface area contributed by atoms with Crippen molar-refractivity contribution in [1.29, 1.82) is 0 Å². The second-order valence-corrected chi connectivity index (χ2v) is 7.64. The molecule has 0 amide bonds. The van der Waals surface area contributed by atoms with Crippen LogP contribution in [0.4, 0.5) is 0 Å². The molecule has 0 atom stereocenters. The van der Waals surface area contributed by atoms with Gasteiger partial charge in [-0.25, -0.2) is 8.42 Å². The Labute approximate surface area is 126 Å². The lowest BCUT2D eigenvalue weighted by Crippen LogP contribution is -2.41. The van der Waals surface area contributed by atoms with E-state index in [1.165, 1.54) is 23.5 Å². The molecular formula is C15H23NO4S. The van der Waals surface area contributed by atoms with E-state index < -0.39 is 15.6 Å². The Morgan fingerprint density at radius 2 is 1.81 bits per heavy atom. The van der Waals surface area contributed by atoms with Gasteiger partial charge in [0.1, 0.15) is 5.75 Å². The van der Waals surface area contributed by atoms with Crippen LogP contribution in [0.1, 0.15) is 32.6 Å². The van der Waals surface area contributed by atoms with Gasteiger partial charge in [0.15, 0.2) is 0 Å². The molecule has 1 aromatic carbocycles. The van der Waals surface area contributed by atoms with Gasteiger partial charge in [-0.1, -0.05) is 12.8 Å². The highest BCUT2D eigenvalue weighted by Gasteiger charge is 2.35. The van der Waals surface area contributed by atoms with Crippen molar-refractivity contribution in [3.8, 4) is 5.75 Å². The first kappa shape index (κ1) is 16.3. The van der Waals surface area contributed by atoms with E-state index in [0.717, 1.165) is 12.8 Å². The van der Waals surface area contributed by atoms with Crippen LogP contribution in [0.3, 0.4) is 0 Å². The zero-order valence-corrected chi connectivity index (χ0v) is 13.4. The Morgan fingerprint density at radius 1 is 1.24 bits per heavy atom. The number of benzene rings is 1. The zero-order valence-electron chi connectivity index (χ0n) is 12.6. The number of aliphatic hydroxyl groups is 1. The number of hydrogen-bond acceptors (Lipinski definition) is 4. The first-order valence-electron chi connectivity index (χ1n) is 7.29. The van der Waals surface area contributed by atoms with Gasteiger partial charge in [0, 0.05) is 13.6 Å². The molecule has 0 aliphatic heterocycles. The summed E-state index contributed by atoms with van der Waals surface area (Å²) in [6, 6.07) is 6.37. The summed E-state index contributed by atoms with van der Waals surface area (Å²) in [4.78, 5) is 0.218. The van der Waals surface area contributed by atoms with Crippen molar-refractivity contribution in [3.63, 3.8) is 0 Å². The molecule has 0 heterocycles. The Morgan fingerprint density at radius 3 is 2.33 bits per heavy atom. The topological polar surface area (TPSA) is 66.8 Å². The number of likely N-dealkylation sites (N-methyl/N-ethyl adjacent to an activating group) is 1. The van der Waals surface area contributed by atoms with Crippen molar-refractivity contribution in [2.75, 3.05) is 20.2 Å². The van der Waals surface area contributed by atoms with E-state index in [1.54, 1.807) is 12.1 Å². The summed E-state index contributed by atoms with van der Waals surface area (Å²) >= 11 is 0. The summed E-state index contributed by atoms with van der Waals surface area (Å²) < 4.78 is 31.6. The lowest BCUT2D eigenvalue weighted by molar-refractivity contribution is 0.0333. The van der Waals surface area contributed by atoms with E-state index in [2.05, 4.69) is 0 Å². The largest absolute Gasteiger partial charge is 0.494 e. The Kier molecular flexibility index (Phi) is 4.91. The molecule has 1 fully saturated rings. The van der Waals surface area contributed by atoms with Crippen LogP contribution in [0.25, 0.3) is 0 Å². The Hall–Kier alpha value is -1.11. The Bertz CT molecular complexity index is 562. The van der Waals surface area contributed by atoms with Crippen molar-refractivity contribution in [2.24, 2.45) is 0 Å². The van der Waals surface area contributed by atoms with Gasteiger partial charge in [-0.05, 0) is 44.0 Å². The fourth-order valence-corrected chi connectivity index (χ4v) is 4.00. The molecule has 1 saturated carbocycles. The molecule has 0 aromatic heterocycles. The van der Waals surface area contributed by atoms with Gasteiger partial charge < -0.3 is 9.84 Å². The van der Waals surface area contributed by atoms with Crippen molar-refractivity contribution in [3.05, 3.63) is 24.3 Å². The summed E-state index contributed by atoms with van der Waals surface area (Å²) in [5.74, 6) is 0.647. The van der Waals surface area contributed by atoms with Crippen molar-refractivity contribution < 1.29 is 18.3 Å². The van der Waals surface area contributed by atoms with Gasteiger partial charge in [-0.15, -0.1) is 0 Å². The lowest BCUT2D eigenvalue weighted by Gasteiger charge is -2.28. The fraction of sp³-hybridized carbons (Fsp3) is 0.600. The predicted molar refractivity (Wildman–Crippen MR) is 80.8 cm³/mol. The van der Waals surface area contributed by atoms with Gasteiger partial charge in [0.05, 0.1) is 17.1 Å². The quantitative estimate of drug-likeness (QED) is 0.872. The molecule has 0 radical (unpaired) electrons. The molecule has 6 heteroatoms. The van der Waals surface area contributed by atoms with Gasteiger partial charge in [0.2, 0.25) is 10.0 Å². The molecule has 1 aromatic rings. The summed E-state index contributed by atoms with van der Waals surface area (Å²) in [5.41, 5.74) is -0.882. The minimum atomic E-state index is -3.58.